The Morgan fingerprint density at radius 3 is 2.24 bits per heavy atom. The maximum Gasteiger partial charge on any atom is 0.273 e. The Labute approximate surface area is 173 Å². The van der Waals surface area contributed by atoms with Crippen molar-refractivity contribution in [2.45, 2.75) is 56.0 Å². The summed E-state index contributed by atoms with van der Waals surface area (Å²) in [5.74, 6) is 0.643. The van der Waals surface area contributed by atoms with E-state index in [0.29, 0.717) is 12.0 Å². The Kier molecular flexibility index (Phi) is 4.96. The van der Waals surface area contributed by atoms with E-state index in [1.165, 1.54) is 31.2 Å². The Hall–Kier alpha value is -2.46. The second kappa shape index (κ2) is 7.75. The summed E-state index contributed by atoms with van der Waals surface area (Å²) in [6, 6.07) is 21.8. The molecule has 2 atom stereocenters. The van der Waals surface area contributed by atoms with Crippen molar-refractivity contribution in [3.05, 3.63) is 66.2 Å². The first kappa shape index (κ1) is 18.6. The molecule has 1 saturated heterocycles. The van der Waals surface area contributed by atoms with Gasteiger partial charge in [-0.15, -0.1) is 0 Å². The number of rotatable bonds is 3. The van der Waals surface area contributed by atoms with Gasteiger partial charge >= 0.3 is 0 Å². The summed E-state index contributed by atoms with van der Waals surface area (Å²) in [5, 5.41) is 0. The number of nitrogens with zero attached hydrogens (tertiary/aromatic N) is 3. The van der Waals surface area contributed by atoms with Crippen molar-refractivity contribution in [2.24, 2.45) is 4.99 Å². The van der Waals surface area contributed by atoms with Gasteiger partial charge in [-0.3, -0.25) is 9.69 Å². The third kappa shape index (κ3) is 3.29. The molecule has 0 radical (unpaired) electrons. The van der Waals surface area contributed by atoms with Gasteiger partial charge in [0.25, 0.3) is 5.91 Å². The van der Waals surface area contributed by atoms with Crippen LogP contribution >= 0.6 is 0 Å². The second-order valence-electron chi connectivity index (χ2n) is 8.69. The van der Waals surface area contributed by atoms with Crippen LogP contribution in [0.25, 0.3) is 0 Å². The van der Waals surface area contributed by atoms with Gasteiger partial charge in [0.05, 0.1) is 6.34 Å². The van der Waals surface area contributed by atoms with Crippen molar-refractivity contribution in [2.75, 3.05) is 18.0 Å². The van der Waals surface area contributed by atoms with Crippen molar-refractivity contribution in [1.82, 2.24) is 4.90 Å². The lowest BCUT2D eigenvalue weighted by Crippen LogP contribution is -2.58. The molecule has 5 rings (SSSR count). The minimum absolute atomic E-state index is 0.0317. The first-order valence-electron chi connectivity index (χ1n) is 11.0. The van der Waals surface area contributed by atoms with E-state index in [-0.39, 0.29) is 5.91 Å². The van der Waals surface area contributed by atoms with Crippen LogP contribution in [0.3, 0.4) is 0 Å². The van der Waals surface area contributed by atoms with E-state index in [1.54, 1.807) is 6.34 Å². The van der Waals surface area contributed by atoms with E-state index in [4.69, 9.17) is 0 Å². The summed E-state index contributed by atoms with van der Waals surface area (Å²) in [5.41, 5.74) is 2.05. The molecule has 2 fully saturated rings. The Morgan fingerprint density at radius 1 is 0.862 bits per heavy atom. The predicted octanol–water partition coefficient (Wildman–Crippen LogP) is 4.62. The number of amides is 1. The van der Waals surface area contributed by atoms with Crippen LogP contribution in [-0.4, -0.2) is 41.8 Å². The number of aliphatic imine (C=N–C) groups is 1. The van der Waals surface area contributed by atoms with Gasteiger partial charge in [-0.05, 0) is 49.3 Å². The number of likely N-dealkylation sites (tertiary alicyclic amines) is 1. The molecule has 4 heteroatoms. The number of benzene rings is 2. The van der Waals surface area contributed by atoms with Crippen molar-refractivity contribution < 1.29 is 4.79 Å². The lowest BCUT2D eigenvalue weighted by molar-refractivity contribution is -0.123. The van der Waals surface area contributed by atoms with Crippen LogP contribution in [0.4, 0.5) is 5.69 Å². The summed E-state index contributed by atoms with van der Waals surface area (Å²) in [6.07, 6.45) is 8.61. The van der Waals surface area contributed by atoms with Crippen molar-refractivity contribution in [3.63, 3.8) is 0 Å². The molecule has 3 aliphatic rings. The zero-order chi connectivity index (χ0) is 19.7. The average molecular weight is 388 g/mol. The molecule has 0 N–H and O–H groups in total. The topological polar surface area (TPSA) is 35.9 Å². The Balaban J connectivity index is 1.34. The molecule has 4 nitrogen and oxygen atoms in total. The number of anilines is 1. The minimum atomic E-state index is -0.491. The lowest BCUT2D eigenvalue weighted by Gasteiger charge is -2.48. The standard InChI is InChI=1S/C25H29N3O/c29-24-25(28(19-26-24)21-11-5-2-6-12-21)15-17-27(18-16-25)23-14-8-7-13-22(23)20-9-3-1-4-10-20/h1-6,9-12,19,22-23H,7-8,13-18H2/t22-,23-/m1/s1. The fraction of sp³-hybridized carbons (Fsp3) is 0.440. The summed E-state index contributed by atoms with van der Waals surface area (Å²) in [7, 11) is 0. The molecule has 1 amide bonds. The van der Waals surface area contributed by atoms with E-state index < -0.39 is 5.54 Å². The maximum atomic E-state index is 12.8. The number of carbonyl (C=O) groups is 1. The van der Waals surface area contributed by atoms with Crippen LogP contribution in [0.15, 0.2) is 65.7 Å². The highest BCUT2D eigenvalue weighted by Gasteiger charge is 2.50. The third-order valence-electron chi connectivity index (χ3n) is 7.24. The summed E-state index contributed by atoms with van der Waals surface area (Å²) >= 11 is 0. The van der Waals surface area contributed by atoms with Gasteiger partial charge in [-0.25, -0.2) is 4.99 Å². The van der Waals surface area contributed by atoms with Gasteiger partial charge in [-0.1, -0.05) is 61.4 Å². The Morgan fingerprint density at radius 2 is 1.52 bits per heavy atom. The number of hydrogen-bond acceptors (Lipinski definition) is 3. The molecule has 0 aromatic heterocycles. The average Bonchev–Trinajstić information content (AvgIpc) is 3.11. The molecular weight excluding hydrogens is 358 g/mol. The molecule has 2 aromatic carbocycles. The van der Waals surface area contributed by atoms with Crippen LogP contribution in [0.5, 0.6) is 0 Å². The third-order valence-corrected chi connectivity index (χ3v) is 7.24. The van der Waals surface area contributed by atoms with Crippen LogP contribution in [0.2, 0.25) is 0 Å². The van der Waals surface area contributed by atoms with Gasteiger partial charge < -0.3 is 4.90 Å². The SMILES string of the molecule is O=C1N=CN(c2ccccc2)C12CCN([C@@H]1CCCC[C@@H]1c1ccccc1)CC2. The monoisotopic (exact) mass is 387 g/mol. The highest BCUT2D eigenvalue weighted by molar-refractivity contribution is 6.08. The Bertz CT molecular complexity index is 871. The highest BCUT2D eigenvalue weighted by Crippen LogP contribution is 2.41. The van der Waals surface area contributed by atoms with Crippen molar-refractivity contribution in [1.29, 1.82) is 0 Å². The first-order valence-corrected chi connectivity index (χ1v) is 11.0. The van der Waals surface area contributed by atoms with Crippen LogP contribution in [0, 0.1) is 0 Å². The van der Waals surface area contributed by atoms with Crippen LogP contribution < -0.4 is 4.90 Å². The number of para-hydroxylation sites is 1. The predicted molar refractivity (Wildman–Crippen MR) is 117 cm³/mol. The number of piperidine rings is 1. The molecule has 1 spiro atoms. The second-order valence-corrected chi connectivity index (χ2v) is 8.69. The normalized spacial score (nSPS) is 26.9. The van der Waals surface area contributed by atoms with Crippen molar-refractivity contribution >= 4 is 17.9 Å². The van der Waals surface area contributed by atoms with Crippen LogP contribution in [-0.2, 0) is 4.79 Å². The number of hydrogen-bond donors (Lipinski definition) is 0. The van der Waals surface area contributed by atoms with E-state index in [0.717, 1.165) is 31.6 Å². The van der Waals surface area contributed by atoms with Gasteiger partial charge in [0, 0.05) is 24.8 Å². The minimum Gasteiger partial charge on any atom is -0.317 e. The zero-order valence-electron chi connectivity index (χ0n) is 16.9. The molecule has 2 heterocycles. The first-order chi connectivity index (χ1) is 14.3. The van der Waals surface area contributed by atoms with Gasteiger partial charge in [0.1, 0.15) is 5.54 Å². The highest BCUT2D eigenvalue weighted by atomic mass is 16.2. The van der Waals surface area contributed by atoms with E-state index in [9.17, 15) is 4.79 Å². The molecule has 0 unspecified atom stereocenters. The summed E-state index contributed by atoms with van der Waals surface area (Å²) < 4.78 is 0. The molecule has 1 aliphatic carbocycles. The molecule has 1 saturated carbocycles. The largest absolute Gasteiger partial charge is 0.317 e. The molecular formula is C25H29N3O. The molecule has 29 heavy (non-hydrogen) atoms. The van der Waals surface area contributed by atoms with Gasteiger partial charge in [0.2, 0.25) is 0 Å². The fourth-order valence-electron chi connectivity index (χ4n) is 5.66. The summed E-state index contributed by atoms with van der Waals surface area (Å²) in [4.78, 5) is 21.9. The maximum absolute atomic E-state index is 12.8. The van der Waals surface area contributed by atoms with E-state index in [1.807, 2.05) is 18.2 Å². The summed E-state index contributed by atoms with van der Waals surface area (Å²) in [6.45, 7) is 1.93. The van der Waals surface area contributed by atoms with E-state index >= 15 is 0 Å². The molecule has 2 aromatic rings. The van der Waals surface area contributed by atoms with E-state index in [2.05, 4.69) is 57.3 Å². The molecule has 0 bridgehead atoms. The van der Waals surface area contributed by atoms with Gasteiger partial charge in [-0.2, -0.15) is 0 Å². The fourth-order valence-corrected chi connectivity index (χ4v) is 5.66. The lowest BCUT2D eigenvalue weighted by atomic mass is 9.77. The smallest absolute Gasteiger partial charge is 0.273 e. The van der Waals surface area contributed by atoms with Gasteiger partial charge in [0.15, 0.2) is 0 Å². The molecule has 150 valence electrons. The quantitative estimate of drug-likeness (QED) is 0.771. The number of carbonyl (C=O) groups excluding carboxylic acids is 1. The molecule has 2 aliphatic heterocycles. The van der Waals surface area contributed by atoms with Crippen molar-refractivity contribution in [3.8, 4) is 0 Å². The van der Waals surface area contributed by atoms with Crippen LogP contribution in [0.1, 0.15) is 50.0 Å². The zero-order valence-corrected chi connectivity index (χ0v) is 16.9.